The monoisotopic (exact) mass is 360 g/mol. The van der Waals surface area contributed by atoms with Gasteiger partial charge in [-0.3, -0.25) is 5.41 Å². The summed E-state index contributed by atoms with van der Waals surface area (Å²) in [6, 6.07) is 17.3. The van der Waals surface area contributed by atoms with E-state index in [9.17, 15) is 0 Å². The van der Waals surface area contributed by atoms with Gasteiger partial charge in [-0.15, -0.1) is 12.6 Å². The van der Waals surface area contributed by atoms with Crippen molar-refractivity contribution in [1.29, 1.82) is 5.41 Å². The molecule has 0 atom stereocenters. The average molecular weight is 361 g/mol. The Labute approximate surface area is 152 Å². The Morgan fingerprint density at radius 3 is 2.35 bits per heavy atom. The highest BCUT2D eigenvalue weighted by molar-refractivity contribution is 8.10. The summed E-state index contributed by atoms with van der Waals surface area (Å²) in [7, 11) is 0. The van der Waals surface area contributed by atoms with E-state index in [1.165, 1.54) is 0 Å². The summed E-state index contributed by atoms with van der Waals surface area (Å²) < 4.78 is 0.470. The Kier molecular flexibility index (Phi) is 6.39. The van der Waals surface area contributed by atoms with Crippen molar-refractivity contribution >= 4 is 46.5 Å². The Bertz CT molecular complexity index is 724. The molecule has 0 unspecified atom stereocenters. The lowest BCUT2D eigenvalue weighted by Crippen LogP contribution is -2.21. The van der Waals surface area contributed by atoms with Crippen molar-refractivity contribution in [2.45, 2.75) is 13.5 Å². The van der Waals surface area contributed by atoms with Crippen molar-refractivity contribution in [3.05, 3.63) is 82.5 Å². The van der Waals surface area contributed by atoms with Crippen LogP contribution in [0, 0.1) is 5.41 Å². The molecule has 2 aromatic carbocycles. The number of hydrogen-bond donors (Lipinski definition) is 2. The smallest absolute Gasteiger partial charge is 0.137 e. The van der Waals surface area contributed by atoms with Crippen molar-refractivity contribution in [2.75, 3.05) is 0 Å². The molecule has 0 amide bonds. The first-order valence-corrected chi connectivity index (χ1v) is 8.27. The fourth-order valence-electron chi connectivity index (χ4n) is 2.09. The van der Waals surface area contributed by atoms with Gasteiger partial charge < -0.3 is 4.90 Å². The second-order valence-electron chi connectivity index (χ2n) is 5.09. The molecule has 2 aromatic rings. The van der Waals surface area contributed by atoms with E-state index in [4.69, 9.17) is 29.2 Å². The number of thiocarbonyl (C=S) groups is 1. The fourth-order valence-corrected chi connectivity index (χ4v) is 2.46. The van der Waals surface area contributed by atoms with Gasteiger partial charge in [-0.25, -0.2) is 0 Å². The molecular formula is C18H17ClN2S2. The molecule has 0 spiro atoms. The minimum Gasteiger partial charge on any atom is -0.329 e. The topological polar surface area (TPSA) is 27.1 Å². The first-order chi connectivity index (χ1) is 11.0. The maximum Gasteiger partial charge on any atom is 0.137 e. The van der Waals surface area contributed by atoms with E-state index in [2.05, 4.69) is 12.6 Å². The molecule has 0 saturated carbocycles. The molecule has 0 radical (unpaired) electrons. The maximum atomic E-state index is 8.31. The van der Waals surface area contributed by atoms with Crippen LogP contribution in [0.1, 0.15) is 18.1 Å². The van der Waals surface area contributed by atoms with Crippen LogP contribution in [0.3, 0.4) is 0 Å². The number of allylic oxidation sites excluding steroid dienone is 1. The fraction of sp³-hybridized carbons (Fsp3) is 0.111. The van der Waals surface area contributed by atoms with Crippen molar-refractivity contribution in [3.8, 4) is 0 Å². The van der Waals surface area contributed by atoms with E-state index in [1.807, 2.05) is 60.5 Å². The molecule has 2 rings (SSSR count). The highest BCUT2D eigenvalue weighted by Crippen LogP contribution is 2.15. The van der Waals surface area contributed by atoms with Crippen LogP contribution in [0.25, 0.3) is 0 Å². The van der Waals surface area contributed by atoms with Crippen LogP contribution in [0.5, 0.6) is 0 Å². The largest absolute Gasteiger partial charge is 0.329 e. The lowest BCUT2D eigenvalue weighted by atomic mass is 10.0. The van der Waals surface area contributed by atoms with E-state index < -0.39 is 0 Å². The molecule has 0 aliphatic carbocycles. The molecule has 0 fully saturated rings. The van der Waals surface area contributed by atoms with E-state index in [-0.39, 0.29) is 0 Å². The molecular weight excluding hydrogens is 344 g/mol. The van der Waals surface area contributed by atoms with E-state index in [1.54, 1.807) is 12.1 Å². The van der Waals surface area contributed by atoms with Gasteiger partial charge in [-0.05, 0) is 35.8 Å². The van der Waals surface area contributed by atoms with Crippen LogP contribution in [-0.2, 0) is 6.54 Å². The lowest BCUT2D eigenvalue weighted by Gasteiger charge is -2.20. The summed E-state index contributed by atoms with van der Waals surface area (Å²) in [5.74, 6) is 0. The maximum absolute atomic E-state index is 8.31. The molecule has 0 bridgehead atoms. The van der Waals surface area contributed by atoms with Gasteiger partial charge >= 0.3 is 0 Å². The number of rotatable bonds is 5. The third-order valence-corrected chi connectivity index (χ3v) is 4.06. The third kappa shape index (κ3) is 5.20. The molecule has 0 aliphatic heterocycles. The first kappa shape index (κ1) is 17.7. The molecule has 23 heavy (non-hydrogen) atoms. The van der Waals surface area contributed by atoms with Crippen molar-refractivity contribution in [2.24, 2.45) is 0 Å². The number of hydrogen-bond acceptors (Lipinski definition) is 2. The van der Waals surface area contributed by atoms with Gasteiger partial charge in [0.15, 0.2) is 0 Å². The van der Waals surface area contributed by atoms with Gasteiger partial charge in [-0.1, -0.05) is 66.3 Å². The highest BCUT2D eigenvalue weighted by Gasteiger charge is 2.09. The molecule has 2 nitrogen and oxygen atoms in total. The van der Waals surface area contributed by atoms with Gasteiger partial charge in [0.2, 0.25) is 0 Å². The van der Waals surface area contributed by atoms with Crippen LogP contribution in [0.4, 0.5) is 0 Å². The van der Waals surface area contributed by atoms with E-state index in [0.29, 0.717) is 21.6 Å². The molecule has 0 aliphatic rings. The summed E-state index contributed by atoms with van der Waals surface area (Å²) in [4.78, 5) is 1.85. The molecule has 0 heterocycles. The summed E-state index contributed by atoms with van der Waals surface area (Å²) in [5.41, 5.74) is 3.18. The predicted octanol–water partition coefficient (Wildman–Crippen LogP) is 5.33. The first-order valence-electron chi connectivity index (χ1n) is 7.04. The average Bonchev–Trinajstić information content (AvgIpc) is 2.55. The van der Waals surface area contributed by atoms with E-state index in [0.717, 1.165) is 16.7 Å². The Hall–Kier alpha value is -1.62. The van der Waals surface area contributed by atoms with Crippen LogP contribution < -0.4 is 0 Å². The molecule has 118 valence electrons. The quantitative estimate of drug-likeness (QED) is 0.428. The number of nitrogens with one attached hydrogen (secondary N) is 1. The van der Waals surface area contributed by atoms with E-state index >= 15 is 0 Å². The highest BCUT2D eigenvalue weighted by atomic mass is 35.5. The second kappa shape index (κ2) is 8.29. The van der Waals surface area contributed by atoms with Gasteiger partial charge in [0, 0.05) is 17.8 Å². The van der Waals surface area contributed by atoms with Gasteiger partial charge in [0.25, 0.3) is 0 Å². The van der Waals surface area contributed by atoms with Crippen LogP contribution in [0.15, 0.2) is 66.4 Å². The standard InChI is InChI=1S/C18H17ClN2S2/c1-13(17(20)15-7-9-16(19)10-8-15)11-21(18(22)23)12-14-5-3-2-4-6-14/h2-11,20H,12H2,1H3,(H,22,23)/b13-11+,20-17?. The minimum atomic E-state index is 0.435. The van der Waals surface area contributed by atoms with Crippen molar-refractivity contribution in [3.63, 3.8) is 0 Å². The van der Waals surface area contributed by atoms with Gasteiger partial charge in [-0.2, -0.15) is 0 Å². The number of thiol groups is 1. The zero-order chi connectivity index (χ0) is 16.8. The van der Waals surface area contributed by atoms with Crippen LogP contribution in [-0.4, -0.2) is 14.9 Å². The summed E-state index contributed by atoms with van der Waals surface area (Å²) >= 11 is 15.4. The number of benzene rings is 2. The molecule has 0 saturated heterocycles. The molecule has 5 heteroatoms. The Balaban J connectivity index is 2.19. The van der Waals surface area contributed by atoms with Crippen molar-refractivity contribution < 1.29 is 0 Å². The Morgan fingerprint density at radius 1 is 1.17 bits per heavy atom. The van der Waals surface area contributed by atoms with Crippen molar-refractivity contribution in [1.82, 2.24) is 4.90 Å². The van der Waals surface area contributed by atoms with Crippen LogP contribution in [0.2, 0.25) is 5.02 Å². The summed E-state index contributed by atoms with van der Waals surface area (Å²) in [6.07, 6.45) is 1.86. The summed E-state index contributed by atoms with van der Waals surface area (Å²) in [5, 5.41) is 8.97. The lowest BCUT2D eigenvalue weighted by molar-refractivity contribution is 0.569. The predicted molar refractivity (Wildman–Crippen MR) is 106 cm³/mol. The number of halogens is 1. The second-order valence-corrected chi connectivity index (χ2v) is 6.64. The Morgan fingerprint density at radius 2 is 1.78 bits per heavy atom. The van der Waals surface area contributed by atoms with Crippen LogP contribution >= 0.6 is 36.4 Å². The van der Waals surface area contributed by atoms with Gasteiger partial charge in [0.05, 0.1) is 5.71 Å². The zero-order valence-electron chi connectivity index (χ0n) is 12.7. The van der Waals surface area contributed by atoms with Gasteiger partial charge in [0.1, 0.15) is 4.32 Å². The SMILES string of the molecule is C/C(=C\N(Cc1ccccc1)C(=S)S)C(=N)c1ccc(Cl)cc1. The number of nitrogens with zero attached hydrogens (tertiary/aromatic N) is 1. The zero-order valence-corrected chi connectivity index (χ0v) is 15.1. The minimum absolute atomic E-state index is 0.435. The normalized spacial score (nSPS) is 11.2. The molecule has 1 N–H and O–H groups in total. The molecule has 0 aromatic heterocycles. The third-order valence-electron chi connectivity index (χ3n) is 3.32. The summed E-state index contributed by atoms with van der Waals surface area (Å²) in [6.45, 7) is 2.51.